The van der Waals surface area contributed by atoms with E-state index >= 15 is 0 Å². The third-order valence-electron chi connectivity index (χ3n) is 3.23. The standard InChI is InChI=1S/C13H18ClN3O/c1-17-7-3-4-9(8-17)16-13(18)12-10(14)5-2-6-11(12)15/h2,5-6,9H,3-4,7-8,15H2,1H3,(H,16,18). The number of rotatable bonds is 2. The van der Waals surface area contributed by atoms with Crippen LogP contribution in [0.1, 0.15) is 23.2 Å². The summed E-state index contributed by atoms with van der Waals surface area (Å²) in [5, 5.41) is 3.40. The van der Waals surface area contributed by atoms with Gasteiger partial charge in [-0.2, -0.15) is 0 Å². The third kappa shape index (κ3) is 2.94. The van der Waals surface area contributed by atoms with Gasteiger partial charge in [0.25, 0.3) is 5.91 Å². The summed E-state index contributed by atoms with van der Waals surface area (Å²) in [4.78, 5) is 14.4. The summed E-state index contributed by atoms with van der Waals surface area (Å²) < 4.78 is 0. The number of hydrogen-bond donors (Lipinski definition) is 2. The quantitative estimate of drug-likeness (QED) is 0.803. The van der Waals surface area contributed by atoms with Crippen LogP contribution in [0.3, 0.4) is 0 Å². The molecule has 1 atom stereocenters. The number of benzene rings is 1. The van der Waals surface area contributed by atoms with Crippen molar-refractivity contribution in [1.29, 1.82) is 0 Å². The molecule has 1 amide bonds. The molecule has 3 N–H and O–H groups in total. The number of likely N-dealkylation sites (N-methyl/N-ethyl adjacent to an activating group) is 1. The van der Waals surface area contributed by atoms with Crippen molar-refractivity contribution in [3.05, 3.63) is 28.8 Å². The predicted octanol–water partition coefficient (Wildman–Crippen LogP) is 1.75. The molecule has 0 aromatic heterocycles. The van der Waals surface area contributed by atoms with E-state index in [2.05, 4.69) is 17.3 Å². The van der Waals surface area contributed by atoms with E-state index in [1.54, 1.807) is 18.2 Å². The maximum absolute atomic E-state index is 12.2. The van der Waals surface area contributed by atoms with Gasteiger partial charge in [0.1, 0.15) is 0 Å². The van der Waals surface area contributed by atoms with Gasteiger partial charge >= 0.3 is 0 Å². The highest BCUT2D eigenvalue weighted by Crippen LogP contribution is 2.22. The molecule has 1 aliphatic heterocycles. The van der Waals surface area contributed by atoms with Gasteiger partial charge in [-0.05, 0) is 38.6 Å². The zero-order valence-corrected chi connectivity index (χ0v) is 11.2. The highest BCUT2D eigenvalue weighted by Gasteiger charge is 2.21. The minimum atomic E-state index is -0.182. The van der Waals surface area contributed by atoms with E-state index in [0.717, 1.165) is 25.9 Å². The molecule has 0 saturated carbocycles. The van der Waals surface area contributed by atoms with Crippen LogP contribution in [0.5, 0.6) is 0 Å². The molecule has 0 spiro atoms. The molecule has 98 valence electrons. The van der Waals surface area contributed by atoms with Gasteiger partial charge in [-0.3, -0.25) is 4.79 Å². The fourth-order valence-electron chi connectivity index (χ4n) is 2.32. The average Bonchev–Trinajstić information content (AvgIpc) is 2.28. The van der Waals surface area contributed by atoms with Gasteiger partial charge in [0.15, 0.2) is 0 Å². The lowest BCUT2D eigenvalue weighted by Gasteiger charge is -2.30. The molecule has 4 nitrogen and oxygen atoms in total. The number of hydrogen-bond acceptors (Lipinski definition) is 3. The zero-order valence-electron chi connectivity index (χ0n) is 10.4. The Kier molecular flexibility index (Phi) is 4.09. The second-order valence-electron chi connectivity index (χ2n) is 4.78. The molecule has 1 heterocycles. The van der Waals surface area contributed by atoms with Crippen molar-refractivity contribution in [2.75, 3.05) is 25.9 Å². The lowest BCUT2D eigenvalue weighted by Crippen LogP contribution is -2.46. The molecule has 18 heavy (non-hydrogen) atoms. The Morgan fingerprint density at radius 3 is 3.00 bits per heavy atom. The van der Waals surface area contributed by atoms with Crippen molar-refractivity contribution in [2.24, 2.45) is 0 Å². The number of carbonyl (C=O) groups is 1. The van der Waals surface area contributed by atoms with Crippen molar-refractivity contribution in [1.82, 2.24) is 10.2 Å². The van der Waals surface area contributed by atoms with E-state index in [9.17, 15) is 4.79 Å². The van der Waals surface area contributed by atoms with Crippen molar-refractivity contribution in [3.8, 4) is 0 Å². The number of halogens is 1. The van der Waals surface area contributed by atoms with Crippen LogP contribution < -0.4 is 11.1 Å². The number of anilines is 1. The van der Waals surface area contributed by atoms with Crippen LogP contribution in [-0.2, 0) is 0 Å². The van der Waals surface area contributed by atoms with Gasteiger partial charge in [0, 0.05) is 18.3 Å². The molecule has 1 unspecified atom stereocenters. The zero-order chi connectivity index (χ0) is 13.1. The van der Waals surface area contributed by atoms with Crippen LogP contribution in [0.2, 0.25) is 5.02 Å². The summed E-state index contributed by atoms with van der Waals surface area (Å²) in [6, 6.07) is 5.28. The number of nitrogens with one attached hydrogen (secondary N) is 1. The Hall–Kier alpha value is -1.26. The molecule has 0 aliphatic carbocycles. The number of nitrogens with zero attached hydrogens (tertiary/aromatic N) is 1. The lowest BCUT2D eigenvalue weighted by molar-refractivity contribution is 0.0913. The predicted molar refractivity (Wildman–Crippen MR) is 73.8 cm³/mol. The monoisotopic (exact) mass is 267 g/mol. The average molecular weight is 268 g/mol. The van der Waals surface area contributed by atoms with Crippen LogP contribution in [0.25, 0.3) is 0 Å². The van der Waals surface area contributed by atoms with Crippen LogP contribution in [0.4, 0.5) is 5.69 Å². The third-order valence-corrected chi connectivity index (χ3v) is 3.55. The summed E-state index contributed by atoms with van der Waals surface area (Å²) in [7, 11) is 2.06. The van der Waals surface area contributed by atoms with Crippen LogP contribution in [0, 0.1) is 0 Å². The lowest BCUT2D eigenvalue weighted by atomic mass is 10.1. The van der Waals surface area contributed by atoms with Crippen molar-refractivity contribution in [2.45, 2.75) is 18.9 Å². The smallest absolute Gasteiger partial charge is 0.255 e. The van der Waals surface area contributed by atoms with E-state index in [0.29, 0.717) is 16.3 Å². The number of amides is 1. The molecular formula is C13H18ClN3O. The molecule has 1 fully saturated rings. The molecular weight excluding hydrogens is 250 g/mol. The van der Waals surface area contributed by atoms with Crippen LogP contribution in [-0.4, -0.2) is 37.0 Å². The largest absolute Gasteiger partial charge is 0.398 e. The summed E-state index contributed by atoms with van der Waals surface area (Å²) in [6.07, 6.45) is 2.10. The Balaban J connectivity index is 2.07. The van der Waals surface area contributed by atoms with Gasteiger partial charge < -0.3 is 16.0 Å². The summed E-state index contributed by atoms with van der Waals surface area (Å²) in [6.45, 7) is 1.96. The first-order valence-corrected chi connectivity index (χ1v) is 6.49. The molecule has 5 heteroatoms. The SMILES string of the molecule is CN1CCCC(NC(=O)c2c(N)cccc2Cl)C1. The van der Waals surface area contributed by atoms with Crippen molar-refractivity contribution < 1.29 is 4.79 Å². The van der Waals surface area contributed by atoms with E-state index in [1.165, 1.54) is 0 Å². The first kappa shape index (κ1) is 13.2. The molecule has 2 rings (SSSR count). The Morgan fingerprint density at radius 1 is 1.56 bits per heavy atom. The van der Waals surface area contributed by atoms with E-state index in [4.69, 9.17) is 17.3 Å². The number of nitrogens with two attached hydrogens (primary N) is 1. The van der Waals surface area contributed by atoms with E-state index in [1.807, 2.05) is 0 Å². The molecule has 1 aromatic carbocycles. The van der Waals surface area contributed by atoms with E-state index < -0.39 is 0 Å². The minimum absolute atomic E-state index is 0.173. The number of likely N-dealkylation sites (tertiary alicyclic amines) is 1. The Bertz CT molecular complexity index is 430. The van der Waals surface area contributed by atoms with Gasteiger partial charge in [0.2, 0.25) is 0 Å². The highest BCUT2D eigenvalue weighted by atomic mass is 35.5. The van der Waals surface area contributed by atoms with Gasteiger partial charge in [-0.15, -0.1) is 0 Å². The summed E-state index contributed by atoms with van der Waals surface area (Å²) in [5.74, 6) is -0.182. The minimum Gasteiger partial charge on any atom is -0.398 e. The normalized spacial score (nSPS) is 20.7. The molecule has 0 bridgehead atoms. The summed E-state index contributed by atoms with van der Waals surface area (Å²) in [5.41, 5.74) is 6.60. The van der Waals surface area contributed by atoms with Crippen molar-refractivity contribution >= 4 is 23.2 Å². The molecule has 1 aliphatic rings. The maximum atomic E-state index is 12.2. The topological polar surface area (TPSA) is 58.4 Å². The fraction of sp³-hybridized carbons (Fsp3) is 0.462. The second-order valence-corrected chi connectivity index (χ2v) is 5.19. The molecule has 1 aromatic rings. The van der Waals surface area contributed by atoms with Gasteiger partial charge in [0.05, 0.1) is 10.6 Å². The van der Waals surface area contributed by atoms with Gasteiger partial charge in [-0.25, -0.2) is 0 Å². The second kappa shape index (κ2) is 5.59. The maximum Gasteiger partial charge on any atom is 0.255 e. The Labute approximate surface area is 112 Å². The first-order valence-electron chi connectivity index (χ1n) is 6.11. The van der Waals surface area contributed by atoms with Crippen molar-refractivity contribution in [3.63, 3.8) is 0 Å². The molecule has 0 radical (unpaired) electrons. The fourth-order valence-corrected chi connectivity index (χ4v) is 2.59. The van der Waals surface area contributed by atoms with E-state index in [-0.39, 0.29) is 11.9 Å². The summed E-state index contributed by atoms with van der Waals surface area (Å²) >= 11 is 6.02. The molecule has 1 saturated heterocycles. The van der Waals surface area contributed by atoms with Crippen LogP contribution in [0.15, 0.2) is 18.2 Å². The Morgan fingerprint density at radius 2 is 2.33 bits per heavy atom. The number of carbonyl (C=O) groups excluding carboxylic acids is 1. The van der Waals surface area contributed by atoms with Gasteiger partial charge in [-0.1, -0.05) is 17.7 Å². The number of piperidine rings is 1. The van der Waals surface area contributed by atoms with Crippen LogP contribution >= 0.6 is 11.6 Å². The first-order chi connectivity index (χ1) is 8.58. The highest BCUT2D eigenvalue weighted by molar-refractivity contribution is 6.34. The number of nitrogen functional groups attached to an aromatic ring is 1.